The average Bonchev–Trinajstić information content (AvgIpc) is 2.82. The fourth-order valence-corrected chi connectivity index (χ4v) is 4.93. The Balaban J connectivity index is 1.81. The molecule has 3 rings (SSSR count). The number of methoxy groups -OCH3 is 1. The van der Waals surface area contributed by atoms with Crippen molar-refractivity contribution in [2.75, 3.05) is 20.3 Å². The maximum atomic E-state index is 12.6. The molecule has 1 fully saturated rings. The van der Waals surface area contributed by atoms with Crippen LogP contribution in [0, 0.1) is 5.92 Å². The van der Waals surface area contributed by atoms with Crippen LogP contribution in [0.3, 0.4) is 0 Å². The molecule has 2 aromatic rings. The number of benzene rings is 2. The molecule has 0 bridgehead atoms. The lowest BCUT2D eigenvalue weighted by Crippen LogP contribution is -2.43. The quantitative estimate of drug-likeness (QED) is 0.430. The van der Waals surface area contributed by atoms with Crippen LogP contribution in [0.4, 0.5) is 0 Å². The molecule has 1 aliphatic heterocycles. The summed E-state index contributed by atoms with van der Waals surface area (Å²) in [6.07, 6.45) is 3.05. The first kappa shape index (κ1) is 26.1. The third-order valence-electron chi connectivity index (χ3n) is 6.90. The van der Waals surface area contributed by atoms with E-state index in [-0.39, 0.29) is 23.5 Å². The highest BCUT2D eigenvalue weighted by molar-refractivity contribution is 5.73. The zero-order chi connectivity index (χ0) is 24.7. The summed E-state index contributed by atoms with van der Waals surface area (Å²) in [5.41, 5.74) is 2.23. The van der Waals surface area contributed by atoms with Crippen molar-refractivity contribution in [1.29, 1.82) is 0 Å². The van der Waals surface area contributed by atoms with E-state index in [1.165, 1.54) is 5.56 Å². The highest BCUT2D eigenvalue weighted by Crippen LogP contribution is 2.45. The molecule has 5 heteroatoms. The third-order valence-corrected chi connectivity index (χ3v) is 6.90. The minimum absolute atomic E-state index is 0.0881. The van der Waals surface area contributed by atoms with Gasteiger partial charge in [0.15, 0.2) is 0 Å². The van der Waals surface area contributed by atoms with Gasteiger partial charge in [-0.3, -0.25) is 4.79 Å². The molecular formula is C29H41NO4. The van der Waals surface area contributed by atoms with Crippen molar-refractivity contribution in [1.82, 2.24) is 4.90 Å². The summed E-state index contributed by atoms with van der Waals surface area (Å²) in [4.78, 5) is 14.6. The van der Waals surface area contributed by atoms with Crippen molar-refractivity contribution in [3.63, 3.8) is 0 Å². The SMILES string of the molecule is COc1ccccc1[C@@]1(CCN(Cc2ccc(OC(C)C)cc2)C(C)=O)CCO[C@H](C(C)C)C1. The standard InChI is InChI=1S/C29H41NO4/c1-21(2)28-19-29(16-18-33-28,26-9-7-8-10-27(26)32-6)15-17-30(23(5)31)20-24-11-13-25(14-12-24)34-22(3)4/h7-14,21-22,28H,15-20H2,1-6H3/t28-,29-/m0/s1. The number of carbonyl (C=O) groups excluding carboxylic acids is 1. The molecular weight excluding hydrogens is 426 g/mol. The van der Waals surface area contributed by atoms with Crippen LogP contribution in [0.1, 0.15) is 65.0 Å². The molecule has 2 atom stereocenters. The number of nitrogens with zero attached hydrogens (tertiary/aromatic N) is 1. The molecule has 0 radical (unpaired) electrons. The van der Waals surface area contributed by atoms with Gasteiger partial charge in [-0.15, -0.1) is 0 Å². The lowest BCUT2D eigenvalue weighted by Gasteiger charge is -2.44. The van der Waals surface area contributed by atoms with Crippen LogP contribution in [0.25, 0.3) is 0 Å². The van der Waals surface area contributed by atoms with Gasteiger partial charge in [-0.05, 0) is 62.8 Å². The van der Waals surface area contributed by atoms with Crippen LogP contribution in [-0.4, -0.2) is 43.3 Å². The number of amides is 1. The molecule has 1 heterocycles. The molecule has 0 unspecified atom stereocenters. The van der Waals surface area contributed by atoms with Crippen molar-refractivity contribution < 1.29 is 19.0 Å². The Morgan fingerprint density at radius 1 is 1.12 bits per heavy atom. The van der Waals surface area contributed by atoms with Gasteiger partial charge in [0.25, 0.3) is 0 Å². The minimum atomic E-state index is -0.0948. The molecule has 1 saturated heterocycles. The molecule has 5 nitrogen and oxygen atoms in total. The van der Waals surface area contributed by atoms with Gasteiger partial charge in [0, 0.05) is 37.6 Å². The Morgan fingerprint density at radius 2 is 1.82 bits per heavy atom. The van der Waals surface area contributed by atoms with Gasteiger partial charge in [0.2, 0.25) is 5.91 Å². The second kappa shape index (κ2) is 11.7. The Bertz CT molecular complexity index is 924. The van der Waals surface area contributed by atoms with Gasteiger partial charge in [0.1, 0.15) is 11.5 Å². The predicted molar refractivity (Wildman–Crippen MR) is 136 cm³/mol. The summed E-state index contributed by atoms with van der Waals surface area (Å²) in [5, 5.41) is 0. The van der Waals surface area contributed by atoms with Crippen molar-refractivity contribution >= 4 is 5.91 Å². The van der Waals surface area contributed by atoms with Gasteiger partial charge < -0.3 is 19.1 Å². The molecule has 0 N–H and O–H groups in total. The van der Waals surface area contributed by atoms with E-state index >= 15 is 0 Å². The molecule has 186 valence electrons. The fraction of sp³-hybridized carbons (Fsp3) is 0.552. The summed E-state index contributed by atoms with van der Waals surface area (Å²) in [6, 6.07) is 16.4. The molecule has 0 saturated carbocycles. The van der Waals surface area contributed by atoms with Gasteiger partial charge in [-0.1, -0.05) is 44.2 Å². The van der Waals surface area contributed by atoms with Gasteiger partial charge >= 0.3 is 0 Å². The van der Waals surface area contributed by atoms with E-state index < -0.39 is 0 Å². The van der Waals surface area contributed by atoms with E-state index in [0.29, 0.717) is 19.0 Å². The van der Waals surface area contributed by atoms with E-state index in [9.17, 15) is 4.79 Å². The van der Waals surface area contributed by atoms with Crippen LogP contribution in [0.15, 0.2) is 48.5 Å². The molecule has 34 heavy (non-hydrogen) atoms. The minimum Gasteiger partial charge on any atom is -0.496 e. The molecule has 0 aliphatic carbocycles. The summed E-state index contributed by atoms with van der Waals surface area (Å²) >= 11 is 0. The average molecular weight is 468 g/mol. The lowest BCUT2D eigenvalue weighted by atomic mass is 9.68. The normalized spacial score (nSPS) is 20.4. The van der Waals surface area contributed by atoms with Crippen LogP contribution in [-0.2, 0) is 21.5 Å². The maximum absolute atomic E-state index is 12.6. The Labute approximate surface area is 205 Å². The van der Waals surface area contributed by atoms with Crippen LogP contribution in [0.5, 0.6) is 11.5 Å². The van der Waals surface area contributed by atoms with E-state index in [0.717, 1.165) is 42.9 Å². The van der Waals surface area contributed by atoms with Gasteiger partial charge in [-0.2, -0.15) is 0 Å². The first-order valence-electron chi connectivity index (χ1n) is 12.5. The highest BCUT2D eigenvalue weighted by atomic mass is 16.5. The van der Waals surface area contributed by atoms with Crippen molar-refractivity contribution in [3.8, 4) is 11.5 Å². The third kappa shape index (κ3) is 6.53. The Kier molecular flexibility index (Phi) is 9.01. The summed E-state index contributed by atoms with van der Waals surface area (Å²) in [7, 11) is 1.74. The fourth-order valence-electron chi connectivity index (χ4n) is 4.93. The van der Waals surface area contributed by atoms with Crippen molar-refractivity contribution in [3.05, 3.63) is 59.7 Å². The second-order valence-corrected chi connectivity index (χ2v) is 10.1. The molecule has 2 aromatic carbocycles. The van der Waals surface area contributed by atoms with Crippen molar-refractivity contribution in [2.24, 2.45) is 5.92 Å². The van der Waals surface area contributed by atoms with Crippen molar-refractivity contribution in [2.45, 2.75) is 78.0 Å². The largest absolute Gasteiger partial charge is 0.496 e. The lowest BCUT2D eigenvalue weighted by molar-refractivity contribution is -0.130. The monoisotopic (exact) mass is 467 g/mol. The number of carbonyl (C=O) groups is 1. The number of hydrogen-bond acceptors (Lipinski definition) is 4. The van der Waals surface area contributed by atoms with Gasteiger partial charge in [-0.25, -0.2) is 0 Å². The first-order chi connectivity index (χ1) is 16.2. The smallest absolute Gasteiger partial charge is 0.219 e. The molecule has 1 aliphatic rings. The zero-order valence-corrected chi connectivity index (χ0v) is 21.7. The van der Waals surface area contributed by atoms with E-state index in [1.54, 1.807) is 14.0 Å². The maximum Gasteiger partial charge on any atom is 0.219 e. The molecule has 0 spiro atoms. The topological polar surface area (TPSA) is 48.0 Å². The number of hydrogen-bond donors (Lipinski definition) is 0. The molecule has 0 aromatic heterocycles. The summed E-state index contributed by atoms with van der Waals surface area (Å²) in [5.74, 6) is 2.29. The predicted octanol–water partition coefficient (Wildman–Crippen LogP) is 5.99. The summed E-state index contributed by atoms with van der Waals surface area (Å²) < 4.78 is 17.7. The Morgan fingerprint density at radius 3 is 2.44 bits per heavy atom. The zero-order valence-electron chi connectivity index (χ0n) is 21.7. The first-order valence-corrected chi connectivity index (χ1v) is 12.5. The van der Waals surface area contributed by atoms with E-state index in [4.69, 9.17) is 14.2 Å². The summed E-state index contributed by atoms with van der Waals surface area (Å²) in [6.45, 7) is 12.1. The van der Waals surface area contributed by atoms with Crippen LogP contribution in [0.2, 0.25) is 0 Å². The number of ether oxygens (including phenoxy) is 3. The van der Waals surface area contributed by atoms with Gasteiger partial charge in [0.05, 0.1) is 19.3 Å². The Hall–Kier alpha value is -2.53. The number of rotatable bonds is 10. The molecule has 1 amide bonds. The van der Waals surface area contributed by atoms with E-state index in [2.05, 4.69) is 26.0 Å². The number of para-hydroxylation sites is 1. The second-order valence-electron chi connectivity index (χ2n) is 10.1. The van der Waals surface area contributed by atoms with E-state index in [1.807, 2.05) is 55.1 Å². The van der Waals surface area contributed by atoms with Crippen LogP contribution >= 0.6 is 0 Å². The highest BCUT2D eigenvalue weighted by Gasteiger charge is 2.41. The van der Waals surface area contributed by atoms with Crippen LogP contribution < -0.4 is 9.47 Å².